The van der Waals surface area contributed by atoms with Gasteiger partial charge in [0.15, 0.2) is 0 Å². The third-order valence-electron chi connectivity index (χ3n) is 2.46. The van der Waals surface area contributed by atoms with Crippen molar-refractivity contribution in [1.82, 2.24) is 10.6 Å². The Bertz CT molecular complexity index is 537. The van der Waals surface area contributed by atoms with Gasteiger partial charge in [0.05, 0.1) is 14.2 Å². The summed E-state index contributed by atoms with van der Waals surface area (Å²) in [5.74, 6) is 0.738. The Kier molecular flexibility index (Phi) is 3.18. The minimum atomic E-state index is -0.529. The number of nitrogens with one attached hydrogen (secondary N) is 2. The van der Waals surface area contributed by atoms with Gasteiger partial charge in [0.25, 0.3) is 5.91 Å². The molecule has 2 rings (SSSR count). The molecule has 0 bridgehead atoms. The molecule has 18 heavy (non-hydrogen) atoms. The molecule has 1 fully saturated rings. The summed E-state index contributed by atoms with van der Waals surface area (Å²) in [6.07, 6.45) is 1.54. The predicted molar refractivity (Wildman–Crippen MR) is 64.2 cm³/mol. The van der Waals surface area contributed by atoms with E-state index in [1.165, 1.54) is 7.11 Å². The van der Waals surface area contributed by atoms with Crippen LogP contribution in [-0.4, -0.2) is 26.2 Å². The molecule has 0 radical (unpaired) electrons. The summed E-state index contributed by atoms with van der Waals surface area (Å²) >= 11 is 0. The molecule has 0 spiro atoms. The van der Waals surface area contributed by atoms with E-state index in [0.29, 0.717) is 17.1 Å². The first-order chi connectivity index (χ1) is 8.63. The van der Waals surface area contributed by atoms with Gasteiger partial charge in [-0.25, -0.2) is 4.79 Å². The second-order valence-corrected chi connectivity index (χ2v) is 3.57. The Morgan fingerprint density at radius 1 is 1.11 bits per heavy atom. The molecule has 1 aliphatic rings. The molecule has 6 nitrogen and oxygen atoms in total. The lowest BCUT2D eigenvalue weighted by Gasteiger charge is -2.07. The SMILES string of the molecule is COc1ccc(/C=C2\NC(=O)NC2=O)c(OC)c1. The molecule has 1 heterocycles. The van der Waals surface area contributed by atoms with Gasteiger partial charge in [-0.1, -0.05) is 0 Å². The largest absolute Gasteiger partial charge is 0.497 e. The highest BCUT2D eigenvalue weighted by Gasteiger charge is 2.23. The molecule has 0 atom stereocenters. The van der Waals surface area contributed by atoms with Crippen LogP contribution in [0.3, 0.4) is 0 Å². The van der Waals surface area contributed by atoms with Crippen LogP contribution in [0, 0.1) is 0 Å². The summed E-state index contributed by atoms with van der Waals surface area (Å²) < 4.78 is 10.3. The molecule has 0 aromatic heterocycles. The van der Waals surface area contributed by atoms with Crippen molar-refractivity contribution >= 4 is 18.0 Å². The van der Waals surface area contributed by atoms with Crippen molar-refractivity contribution in [2.24, 2.45) is 0 Å². The number of imide groups is 1. The maximum atomic E-state index is 11.4. The lowest BCUT2D eigenvalue weighted by molar-refractivity contribution is -0.115. The summed E-state index contributed by atoms with van der Waals surface area (Å²) in [7, 11) is 3.07. The highest BCUT2D eigenvalue weighted by Crippen LogP contribution is 2.26. The lowest BCUT2D eigenvalue weighted by Crippen LogP contribution is -2.22. The van der Waals surface area contributed by atoms with Crippen molar-refractivity contribution in [1.29, 1.82) is 0 Å². The smallest absolute Gasteiger partial charge is 0.326 e. The molecule has 1 aliphatic heterocycles. The van der Waals surface area contributed by atoms with Crippen LogP contribution in [-0.2, 0) is 4.79 Å². The summed E-state index contributed by atoms with van der Waals surface area (Å²) in [4.78, 5) is 22.4. The Balaban J connectivity index is 2.37. The summed E-state index contributed by atoms with van der Waals surface area (Å²) in [6.45, 7) is 0. The average Bonchev–Trinajstić information content (AvgIpc) is 2.68. The van der Waals surface area contributed by atoms with E-state index in [9.17, 15) is 9.59 Å². The molecule has 1 aromatic carbocycles. The molecule has 1 saturated heterocycles. The molecule has 0 saturated carbocycles. The number of amides is 3. The number of carbonyl (C=O) groups is 2. The summed E-state index contributed by atoms with van der Waals surface area (Å²) in [5.41, 5.74) is 0.856. The van der Waals surface area contributed by atoms with E-state index in [1.54, 1.807) is 31.4 Å². The standard InChI is InChI=1S/C12H12N2O4/c1-17-8-4-3-7(10(6-8)18-2)5-9-11(15)14-12(16)13-9/h3-6H,1-2H3,(H2,13,14,15,16)/b9-5-. The summed E-state index contributed by atoms with van der Waals surface area (Å²) in [5, 5.41) is 4.53. The Morgan fingerprint density at radius 3 is 2.44 bits per heavy atom. The zero-order valence-corrected chi connectivity index (χ0v) is 9.94. The fourth-order valence-corrected chi connectivity index (χ4v) is 1.58. The van der Waals surface area contributed by atoms with Crippen LogP contribution in [0.5, 0.6) is 11.5 Å². The first-order valence-electron chi connectivity index (χ1n) is 5.20. The van der Waals surface area contributed by atoms with Crippen molar-refractivity contribution < 1.29 is 19.1 Å². The van der Waals surface area contributed by atoms with Gasteiger partial charge >= 0.3 is 6.03 Å². The normalized spacial score (nSPS) is 16.4. The van der Waals surface area contributed by atoms with Gasteiger partial charge in [-0.05, 0) is 18.2 Å². The van der Waals surface area contributed by atoms with Crippen molar-refractivity contribution in [3.8, 4) is 11.5 Å². The number of hydrogen-bond donors (Lipinski definition) is 2. The molecule has 1 aromatic rings. The number of benzene rings is 1. The van der Waals surface area contributed by atoms with Crippen LogP contribution in [0.4, 0.5) is 4.79 Å². The first kappa shape index (κ1) is 12.0. The number of methoxy groups -OCH3 is 2. The maximum Gasteiger partial charge on any atom is 0.326 e. The highest BCUT2D eigenvalue weighted by molar-refractivity contribution is 6.14. The maximum absolute atomic E-state index is 11.4. The van der Waals surface area contributed by atoms with Crippen molar-refractivity contribution in [3.05, 3.63) is 29.5 Å². The van der Waals surface area contributed by atoms with Crippen LogP contribution < -0.4 is 20.1 Å². The van der Waals surface area contributed by atoms with Crippen LogP contribution in [0.15, 0.2) is 23.9 Å². The van der Waals surface area contributed by atoms with Gasteiger partial charge in [-0.3, -0.25) is 10.1 Å². The Hall–Kier alpha value is -2.50. The van der Waals surface area contributed by atoms with E-state index in [2.05, 4.69) is 10.6 Å². The molecule has 0 aliphatic carbocycles. The average molecular weight is 248 g/mol. The third-order valence-corrected chi connectivity index (χ3v) is 2.46. The van der Waals surface area contributed by atoms with Crippen LogP contribution in [0.25, 0.3) is 6.08 Å². The number of urea groups is 1. The molecule has 94 valence electrons. The topological polar surface area (TPSA) is 76.7 Å². The van der Waals surface area contributed by atoms with Crippen LogP contribution in [0.2, 0.25) is 0 Å². The number of rotatable bonds is 3. The third kappa shape index (κ3) is 2.27. The van der Waals surface area contributed by atoms with E-state index in [-0.39, 0.29) is 5.70 Å². The predicted octanol–water partition coefficient (Wildman–Crippen LogP) is 0.884. The van der Waals surface area contributed by atoms with E-state index in [4.69, 9.17) is 9.47 Å². The lowest BCUT2D eigenvalue weighted by atomic mass is 10.1. The molecular weight excluding hydrogens is 236 g/mol. The van der Waals surface area contributed by atoms with Gasteiger partial charge in [-0.15, -0.1) is 0 Å². The van der Waals surface area contributed by atoms with Crippen molar-refractivity contribution in [2.45, 2.75) is 0 Å². The molecule has 3 amide bonds. The molecule has 2 N–H and O–H groups in total. The Labute approximate surface area is 104 Å². The second-order valence-electron chi connectivity index (χ2n) is 3.57. The number of carbonyl (C=O) groups excluding carboxylic acids is 2. The van der Waals surface area contributed by atoms with Gasteiger partial charge < -0.3 is 14.8 Å². The minimum Gasteiger partial charge on any atom is -0.497 e. The van der Waals surface area contributed by atoms with E-state index in [1.807, 2.05) is 0 Å². The van der Waals surface area contributed by atoms with Crippen molar-refractivity contribution in [3.63, 3.8) is 0 Å². The zero-order valence-electron chi connectivity index (χ0n) is 9.94. The molecule has 6 heteroatoms. The summed E-state index contributed by atoms with van der Waals surface area (Å²) in [6, 6.07) is 4.64. The first-order valence-corrected chi connectivity index (χ1v) is 5.20. The van der Waals surface area contributed by atoms with E-state index >= 15 is 0 Å². The van der Waals surface area contributed by atoms with Gasteiger partial charge in [0, 0.05) is 11.6 Å². The van der Waals surface area contributed by atoms with Gasteiger partial charge in [-0.2, -0.15) is 0 Å². The number of hydrogen-bond acceptors (Lipinski definition) is 4. The second kappa shape index (κ2) is 4.79. The van der Waals surface area contributed by atoms with Crippen LogP contribution in [0.1, 0.15) is 5.56 Å². The fraction of sp³-hybridized carbons (Fsp3) is 0.167. The van der Waals surface area contributed by atoms with Crippen LogP contribution >= 0.6 is 0 Å². The minimum absolute atomic E-state index is 0.184. The van der Waals surface area contributed by atoms with Gasteiger partial charge in [0.1, 0.15) is 17.2 Å². The highest BCUT2D eigenvalue weighted by atomic mass is 16.5. The van der Waals surface area contributed by atoms with Crippen molar-refractivity contribution in [2.75, 3.05) is 14.2 Å². The van der Waals surface area contributed by atoms with Gasteiger partial charge in [0.2, 0.25) is 0 Å². The zero-order chi connectivity index (χ0) is 13.1. The Morgan fingerprint density at radius 2 is 1.89 bits per heavy atom. The van der Waals surface area contributed by atoms with E-state index in [0.717, 1.165) is 0 Å². The quantitative estimate of drug-likeness (QED) is 0.615. The molecular formula is C12H12N2O4. The number of ether oxygens (including phenoxy) is 2. The fourth-order valence-electron chi connectivity index (χ4n) is 1.58. The monoisotopic (exact) mass is 248 g/mol. The van der Waals surface area contributed by atoms with E-state index < -0.39 is 11.9 Å². The molecule has 0 unspecified atom stereocenters.